The number of nitrogens with zero attached hydrogens (tertiary/aromatic N) is 2. The van der Waals surface area contributed by atoms with Crippen molar-refractivity contribution >= 4 is 11.3 Å². The highest BCUT2D eigenvalue weighted by Crippen LogP contribution is 2.18. The first-order valence-electron chi connectivity index (χ1n) is 6.14. The molecule has 0 spiro atoms. The maximum Gasteiger partial charge on any atom is 0.0482 e. The van der Waals surface area contributed by atoms with Crippen LogP contribution in [0.15, 0.2) is 42.0 Å². The second-order valence-corrected chi connectivity index (χ2v) is 5.38. The summed E-state index contributed by atoms with van der Waals surface area (Å²) >= 11 is 1.81. The second kappa shape index (κ2) is 6.64. The molecular weight excluding hydrogens is 242 g/mol. The number of aromatic nitrogens is 1. The van der Waals surface area contributed by atoms with E-state index in [0.29, 0.717) is 6.54 Å². The SMILES string of the molecule is CN(CCc1cccs1)C(CN)c1cccnc1. The van der Waals surface area contributed by atoms with Gasteiger partial charge in [-0.15, -0.1) is 11.3 Å². The van der Waals surface area contributed by atoms with Crippen LogP contribution in [-0.4, -0.2) is 30.0 Å². The Labute approximate surface area is 112 Å². The lowest BCUT2D eigenvalue weighted by molar-refractivity contribution is 0.253. The van der Waals surface area contributed by atoms with Crippen molar-refractivity contribution < 1.29 is 0 Å². The molecule has 18 heavy (non-hydrogen) atoms. The highest BCUT2D eigenvalue weighted by Gasteiger charge is 2.15. The molecule has 0 aromatic carbocycles. The molecule has 0 aliphatic heterocycles. The summed E-state index contributed by atoms with van der Waals surface area (Å²) in [6.45, 7) is 1.63. The number of likely N-dealkylation sites (N-methyl/N-ethyl adjacent to an activating group) is 1. The number of rotatable bonds is 6. The zero-order valence-electron chi connectivity index (χ0n) is 10.6. The molecule has 0 saturated carbocycles. The van der Waals surface area contributed by atoms with Crippen LogP contribution in [0, 0.1) is 0 Å². The minimum atomic E-state index is 0.249. The lowest BCUT2D eigenvalue weighted by atomic mass is 10.1. The molecule has 2 rings (SSSR count). The number of thiophene rings is 1. The fourth-order valence-corrected chi connectivity index (χ4v) is 2.74. The standard InChI is InChI=1S/C14H19N3S/c1-17(8-6-13-5-3-9-18-13)14(10-15)12-4-2-7-16-11-12/h2-5,7,9,11,14H,6,8,10,15H2,1H3. The summed E-state index contributed by atoms with van der Waals surface area (Å²) in [5.41, 5.74) is 7.08. The largest absolute Gasteiger partial charge is 0.329 e. The molecule has 2 aromatic heterocycles. The van der Waals surface area contributed by atoms with Crippen LogP contribution in [0.5, 0.6) is 0 Å². The Kier molecular flexibility index (Phi) is 4.87. The fraction of sp³-hybridized carbons (Fsp3) is 0.357. The van der Waals surface area contributed by atoms with E-state index in [1.54, 1.807) is 6.20 Å². The Morgan fingerprint density at radius 1 is 1.39 bits per heavy atom. The van der Waals surface area contributed by atoms with Gasteiger partial charge in [-0.05, 0) is 36.5 Å². The van der Waals surface area contributed by atoms with Gasteiger partial charge in [-0.1, -0.05) is 12.1 Å². The van der Waals surface area contributed by atoms with Gasteiger partial charge in [0.2, 0.25) is 0 Å². The maximum atomic E-state index is 5.89. The van der Waals surface area contributed by atoms with Crippen molar-refractivity contribution in [1.82, 2.24) is 9.88 Å². The smallest absolute Gasteiger partial charge is 0.0482 e. The van der Waals surface area contributed by atoms with E-state index in [9.17, 15) is 0 Å². The molecule has 0 fully saturated rings. The van der Waals surface area contributed by atoms with Gasteiger partial charge in [0.25, 0.3) is 0 Å². The monoisotopic (exact) mass is 261 g/mol. The average Bonchev–Trinajstić information content (AvgIpc) is 2.92. The summed E-state index contributed by atoms with van der Waals surface area (Å²) < 4.78 is 0. The van der Waals surface area contributed by atoms with Crippen LogP contribution in [0.25, 0.3) is 0 Å². The molecule has 0 amide bonds. The van der Waals surface area contributed by atoms with Gasteiger partial charge in [0.15, 0.2) is 0 Å². The third-order valence-electron chi connectivity index (χ3n) is 3.12. The maximum absolute atomic E-state index is 5.89. The Hall–Kier alpha value is -1.23. The topological polar surface area (TPSA) is 42.1 Å². The van der Waals surface area contributed by atoms with Gasteiger partial charge in [-0.3, -0.25) is 9.88 Å². The number of nitrogens with two attached hydrogens (primary N) is 1. The van der Waals surface area contributed by atoms with Crippen LogP contribution in [0.3, 0.4) is 0 Å². The highest BCUT2D eigenvalue weighted by molar-refractivity contribution is 7.09. The molecule has 1 unspecified atom stereocenters. The lowest BCUT2D eigenvalue weighted by Gasteiger charge is -2.26. The normalized spacial score (nSPS) is 12.8. The quantitative estimate of drug-likeness (QED) is 0.867. The number of hydrogen-bond donors (Lipinski definition) is 1. The van der Waals surface area contributed by atoms with Crippen LogP contribution < -0.4 is 5.73 Å². The Balaban J connectivity index is 1.95. The van der Waals surface area contributed by atoms with Crippen LogP contribution in [0.1, 0.15) is 16.5 Å². The van der Waals surface area contributed by atoms with Gasteiger partial charge in [0, 0.05) is 36.4 Å². The van der Waals surface area contributed by atoms with E-state index < -0.39 is 0 Å². The molecule has 0 bridgehead atoms. The van der Waals surface area contributed by atoms with Crippen molar-refractivity contribution in [2.45, 2.75) is 12.5 Å². The molecule has 2 aromatic rings. The first kappa shape index (κ1) is 13.2. The first-order chi connectivity index (χ1) is 8.81. The van der Waals surface area contributed by atoms with Crippen LogP contribution in [0.2, 0.25) is 0 Å². The Morgan fingerprint density at radius 2 is 2.28 bits per heavy atom. The van der Waals surface area contributed by atoms with Gasteiger partial charge in [-0.2, -0.15) is 0 Å². The molecule has 1 atom stereocenters. The molecule has 2 heterocycles. The van der Waals surface area contributed by atoms with Crippen molar-refractivity contribution in [3.05, 3.63) is 52.5 Å². The molecule has 0 saturated heterocycles. The highest BCUT2D eigenvalue weighted by atomic mass is 32.1. The second-order valence-electron chi connectivity index (χ2n) is 4.35. The fourth-order valence-electron chi connectivity index (χ4n) is 2.04. The Morgan fingerprint density at radius 3 is 2.89 bits per heavy atom. The molecule has 3 nitrogen and oxygen atoms in total. The van der Waals surface area contributed by atoms with E-state index in [1.807, 2.05) is 23.6 Å². The summed E-state index contributed by atoms with van der Waals surface area (Å²) in [5, 5.41) is 2.12. The zero-order chi connectivity index (χ0) is 12.8. The van der Waals surface area contributed by atoms with Gasteiger partial charge in [-0.25, -0.2) is 0 Å². The molecule has 0 aliphatic rings. The van der Waals surface area contributed by atoms with E-state index in [1.165, 1.54) is 10.4 Å². The van der Waals surface area contributed by atoms with Gasteiger partial charge < -0.3 is 5.73 Å². The van der Waals surface area contributed by atoms with Crippen LogP contribution in [0.4, 0.5) is 0 Å². The number of hydrogen-bond acceptors (Lipinski definition) is 4. The predicted octanol–water partition coefficient (Wildman–Crippen LogP) is 2.32. The summed E-state index contributed by atoms with van der Waals surface area (Å²) in [7, 11) is 2.12. The molecule has 4 heteroatoms. The van der Waals surface area contributed by atoms with E-state index in [4.69, 9.17) is 5.73 Å². The predicted molar refractivity (Wildman–Crippen MR) is 76.7 cm³/mol. The number of pyridine rings is 1. The molecule has 2 N–H and O–H groups in total. The molecule has 0 aliphatic carbocycles. The van der Waals surface area contributed by atoms with Gasteiger partial charge in [0.05, 0.1) is 0 Å². The van der Waals surface area contributed by atoms with Crippen molar-refractivity contribution in [2.24, 2.45) is 5.73 Å². The zero-order valence-corrected chi connectivity index (χ0v) is 11.4. The molecule has 96 valence electrons. The van der Waals surface area contributed by atoms with Crippen molar-refractivity contribution in [1.29, 1.82) is 0 Å². The summed E-state index contributed by atoms with van der Waals surface area (Å²) in [4.78, 5) is 7.89. The Bertz CT molecular complexity index is 441. The third-order valence-corrected chi connectivity index (χ3v) is 4.05. The van der Waals surface area contributed by atoms with E-state index in [-0.39, 0.29) is 6.04 Å². The summed E-state index contributed by atoms with van der Waals surface area (Å²) in [5.74, 6) is 0. The van der Waals surface area contributed by atoms with Gasteiger partial charge >= 0.3 is 0 Å². The average molecular weight is 261 g/mol. The lowest BCUT2D eigenvalue weighted by Crippen LogP contribution is -2.32. The minimum absolute atomic E-state index is 0.249. The van der Waals surface area contributed by atoms with Gasteiger partial charge in [0.1, 0.15) is 0 Å². The third kappa shape index (κ3) is 3.38. The van der Waals surface area contributed by atoms with E-state index in [0.717, 1.165) is 13.0 Å². The van der Waals surface area contributed by atoms with E-state index >= 15 is 0 Å². The first-order valence-corrected chi connectivity index (χ1v) is 7.02. The minimum Gasteiger partial charge on any atom is -0.329 e. The van der Waals surface area contributed by atoms with Crippen LogP contribution in [-0.2, 0) is 6.42 Å². The van der Waals surface area contributed by atoms with Crippen molar-refractivity contribution in [2.75, 3.05) is 20.1 Å². The summed E-state index contributed by atoms with van der Waals surface area (Å²) in [6.07, 6.45) is 4.77. The van der Waals surface area contributed by atoms with E-state index in [2.05, 4.69) is 40.5 Å². The molecular formula is C14H19N3S. The van der Waals surface area contributed by atoms with Crippen LogP contribution >= 0.6 is 11.3 Å². The molecule has 0 radical (unpaired) electrons. The van der Waals surface area contributed by atoms with Crippen molar-refractivity contribution in [3.8, 4) is 0 Å². The summed E-state index contributed by atoms with van der Waals surface area (Å²) in [6, 6.07) is 8.58. The van der Waals surface area contributed by atoms with Crippen molar-refractivity contribution in [3.63, 3.8) is 0 Å².